The number of amides is 1. The first kappa shape index (κ1) is 16.3. The first-order valence-electron chi connectivity index (χ1n) is 7.67. The van der Waals surface area contributed by atoms with E-state index in [0.717, 1.165) is 46.9 Å². The van der Waals surface area contributed by atoms with Crippen molar-refractivity contribution >= 4 is 40.2 Å². The molecule has 0 bridgehead atoms. The predicted octanol–water partition coefficient (Wildman–Crippen LogP) is 3.81. The maximum Gasteiger partial charge on any atom is 0.224 e. The first-order chi connectivity index (χ1) is 11.2. The van der Waals surface area contributed by atoms with E-state index >= 15 is 0 Å². The number of carbonyl (C=O) groups is 1. The first-order valence-corrected chi connectivity index (χ1v) is 8.87. The topological polar surface area (TPSA) is 41.6 Å². The summed E-state index contributed by atoms with van der Waals surface area (Å²) < 4.78 is 6.13. The summed E-state index contributed by atoms with van der Waals surface area (Å²) in [6.07, 6.45) is 1.17. The number of nitrogens with zero attached hydrogens (tertiary/aromatic N) is 1. The molecule has 122 valence electrons. The Bertz CT molecular complexity index is 668. The van der Waals surface area contributed by atoms with E-state index in [1.165, 1.54) is 11.3 Å². The number of anilines is 2. The normalized spacial score (nSPS) is 14.7. The van der Waals surface area contributed by atoms with Crippen LogP contribution in [-0.4, -0.2) is 32.2 Å². The largest absolute Gasteiger partial charge is 0.378 e. The maximum atomic E-state index is 12.1. The van der Waals surface area contributed by atoms with Crippen LogP contribution >= 0.6 is 22.9 Å². The zero-order valence-corrected chi connectivity index (χ0v) is 14.3. The summed E-state index contributed by atoms with van der Waals surface area (Å²) in [5.41, 5.74) is 1.96. The van der Waals surface area contributed by atoms with Crippen LogP contribution in [0.1, 0.15) is 11.3 Å². The fourth-order valence-electron chi connectivity index (χ4n) is 2.55. The minimum atomic E-state index is 0.0219. The van der Waals surface area contributed by atoms with Gasteiger partial charge >= 0.3 is 0 Å². The Balaban J connectivity index is 1.55. The van der Waals surface area contributed by atoms with Gasteiger partial charge in [0.1, 0.15) is 0 Å². The number of benzene rings is 1. The lowest BCUT2D eigenvalue weighted by Gasteiger charge is -2.29. The van der Waals surface area contributed by atoms with Gasteiger partial charge in [0.15, 0.2) is 0 Å². The molecule has 1 fully saturated rings. The molecular weight excluding hydrogens is 332 g/mol. The summed E-state index contributed by atoms with van der Waals surface area (Å²) in [6.45, 7) is 3.27. The summed E-state index contributed by atoms with van der Waals surface area (Å²) >= 11 is 7.43. The van der Waals surface area contributed by atoms with Crippen molar-refractivity contribution in [2.24, 2.45) is 0 Å². The second-order valence-corrected chi connectivity index (χ2v) is 7.20. The number of hydrogen-bond acceptors (Lipinski definition) is 4. The molecule has 0 aliphatic carbocycles. The lowest BCUT2D eigenvalue weighted by molar-refractivity contribution is -0.116. The summed E-state index contributed by atoms with van der Waals surface area (Å²) in [6, 6.07) is 11.8. The SMILES string of the molecule is O=C(CCc1ccc(Cl)s1)Nc1cccc(N2CCOCC2)c1. The summed E-state index contributed by atoms with van der Waals surface area (Å²) in [7, 11) is 0. The lowest BCUT2D eigenvalue weighted by atomic mass is 10.2. The number of nitrogens with one attached hydrogen (secondary N) is 1. The molecule has 1 aromatic heterocycles. The zero-order valence-electron chi connectivity index (χ0n) is 12.8. The summed E-state index contributed by atoms with van der Waals surface area (Å²) in [5.74, 6) is 0.0219. The van der Waals surface area contributed by atoms with Gasteiger partial charge in [0, 0.05) is 35.8 Å². The van der Waals surface area contributed by atoms with E-state index in [4.69, 9.17) is 16.3 Å². The van der Waals surface area contributed by atoms with Gasteiger partial charge in [-0.2, -0.15) is 0 Å². The highest BCUT2D eigenvalue weighted by atomic mass is 35.5. The van der Waals surface area contributed by atoms with Crippen LogP contribution in [0, 0.1) is 0 Å². The van der Waals surface area contributed by atoms with Gasteiger partial charge in [-0.3, -0.25) is 4.79 Å². The van der Waals surface area contributed by atoms with E-state index in [-0.39, 0.29) is 5.91 Å². The van der Waals surface area contributed by atoms with Crippen LogP contribution in [0.4, 0.5) is 11.4 Å². The molecule has 4 nitrogen and oxygen atoms in total. The van der Waals surface area contributed by atoms with Gasteiger partial charge in [0.05, 0.1) is 17.6 Å². The van der Waals surface area contributed by atoms with E-state index in [1.54, 1.807) is 0 Å². The molecule has 1 aliphatic heterocycles. The smallest absolute Gasteiger partial charge is 0.224 e. The highest BCUT2D eigenvalue weighted by molar-refractivity contribution is 7.16. The highest BCUT2D eigenvalue weighted by Crippen LogP contribution is 2.23. The Morgan fingerprint density at radius 3 is 2.83 bits per heavy atom. The molecule has 2 aromatic rings. The van der Waals surface area contributed by atoms with E-state index in [2.05, 4.69) is 16.3 Å². The number of aryl methyl sites for hydroxylation is 1. The third kappa shape index (κ3) is 4.70. The number of rotatable bonds is 5. The fourth-order valence-corrected chi connectivity index (χ4v) is 3.64. The Hall–Kier alpha value is -1.56. The van der Waals surface area contributed by atoms with E-state index < -0.39 is 0 Å². The van der Waals surface area contributed by atoms with Crippen molar-refractivity contribution in [1.82, 2.24) is 0 Å². The molecule has 0 atom stereocenters. The van der Waals surface area contributed by atoms with Gasteiger partial charge in [-0.25, -0.2) is 0 Å². The predicted molar refractivity (Wildman–Crippen MR) is 95.8 cm³/mol. The highest BCUT2D eigenvalue weighted by Gasteiger charge is 2.12. The molecule has 0 unspecified atom stereocenters. The van der Waals surface area contributed by atoms with Crippen molar-refractivity contribution in [1.29, 1.82) is 0 Å². The molecule has 1 amide bonds. The molecule has 0 saturated carbocycles. The van der Waals surface area contributed by atoms with Crippen LogP contribution in [0.25, 0.3) is 0 Å². The van der Waals surface area contributed by atoms with Crippen molar-refractivity contribution < 1.29 is 9.53 Å². The van der Waals surface area contributed by atoms with Gasteiger partial charge in [-0.15, -0.1) is 11.3 Å². The third-order valence-electron chi connectivity index (χ3n) is 3.73. The Morgan fingerprint density at radius 2 is 2.09 bits per heavy atom. The fraction of sp³-hybridized carbons (Fsp3) is 0.353. The van der Waals surface area contributed by atoms with Crippen LogP contribution in [0.15, 0.2) is 36.4 Å². The molecule has 6 heteroatoms. The van der Waals surface area contributed by atoms with E-state index in [1.807, 2.05) is 30.3 Å². The average molecular weight is 351 g/mol. The number of ether oxygens (including phenoxy) is 1. The molecule has 0 radical (unpaired) electrons. The lowest BCUT2D eigenvalue weighted by Crippen LogP contribution is -2.36. The molecule has 1 N–H and O–H groups in total. The van der Waals surface area contributed by atoms with E-state index in [9.17, 15) is 4.79 Å². The van der Waals surface area contributed by atoms with Gasteiger partial charge in [-0.1, -0.05) is 17.7 Å². The molecule has 1 aliphatic rings. The van der Waals surface area contributed by atoms with Gasteiger partial charge < -0.3 is 15.0 Å². The Labute approximate surface area is 145 Å². The minimum absolute atomic E-state index is 0.0219. The molecule has 1 saturated heterocycles. The van der Waals surface area contributed by atoms with Gasteiger partial charge in [0.25, 0.3) is 0 Å². The quantitative estimate of drug-likeness (QED) is 0.891. The van der Waals surface area contributed by atoms with Crippen LogP contribution in [-0.2, 0) is 16.0 Å². The molecule has 3 rings (SSSR count). The van der Waals surface area contributed by atoms with Crippen LogP contribution in [0.5, 0.6) is 0 Å². The standard InChI is InChI=1S/C17H19ClN2O2S/c18-16-6-4-15(23-16)5-7-17(21)19-13-2-1-3-14(12-13)20-8-10-22-11-9-20/h1-4,6,12H,5,7-11H2,(H,19,21). The van der Waals surface area contributed by atoms with Crippen molar-refractivity contribution in [3.05, 3.63) is 45.6 Å². The maximum absolute atomic E-state index is 12.1. The third-order valence-corrected chi connectivity index (χ3v) is 5.02. The summed E-state index contributed by atoms with van der Waals surface area (Å²) in [5, 5.41) is 2.97. The number of morpholine rings is 1. The molecular formula is C17H19ClN2O2S. The van der Waals surface area contributed by atoms with E-state index in [0.29, 0.717) is 12.8 Å². The zero-order chi connectivity index (χ0) is 16.1. The molecule has 0 spiro atoms. The Morgan fingerprint density at radius 1 is 1.26 bits per heavy atom. The molecule has 23 heavy (non-hydrogen) atoms. The summed E-state index contributed by atoms with van der Waals surface area (Å²) in [4.78, 5) is 15.5. The van der Waals surface area contributed by atoms with Crippen LogP contribution in [0.2, 0.25) is 4.34 Å². The van der Waals surface area contributed by atoms with Crippen LogP contribution < -0.4 is 10.2 Å². The number of hydrogen-bond donors (Lipinski definition) is 1. The van der Waals surface area contributed by atoms with Crippen molar-refractivity contribution in [2.75, 3.05) is 36.5 Å². The van der Waals surface area contributed by atoms with Crippen molar-refractivity contribution in [2.45, 2.75) is 12.8 Å². The van der Waals surface area contributed by atoms with Gasteiger partial charge in [-0.05, 0) is 36.8 Å². The minimum Gasteiger partial charge on any atom is -0.378 e. The average Bonchev–Trinajstić information content (AvgIpc) is 3.00. The second kappa shape index (κ2) is 7.81. The van der Waals surface area contributed by atoms with Crippen LogP contribution in [0.3, 0.4) is 0 Å². The molecule has 1 aromatic carbocycles. The van der Waals surface area contributed by atoms with Gasteiger partial charge in [0.2, 0.25) is 5.91 Å². The number of thiophene rings is 1. The number of halogens is 1. The van der Waals surface area contributed by atoms with Crippen molar-refractivity contribution in [3.63, 3.8) is 0 Å². The van der Waals surface area contributed by atoms with Crippen molar-refractivity contribution in [3.8, 4) is 0 Å². The number of carbonyl (C=O) groups excluding carboxylic acids is 1. The Kier molecular flexibility index (Phi) is 5.54. The monoisotopic (exact) mass is 350 g/mol. The second-order valence-electron chi connectivity index (χ2n) is 5.40. The molecule has 2 heterocycles.